The third-order valence-corrected chi connectivity index (χ3v) is 5.06. The van der Waals surface area contributed by atoms with E-state index in [1.165, 1.54) is 6.07 Å². The molecule has 0 atom stereocenters. The summed E-state index contributed by atoms with van der Waals surface area (Å²) in [5.74, 6) is -0.851. The van der Waals surface area contributed by atoms with Crippen molar-refractivity contribution in [1.29, 1.82) is 0 Å². The molecule has 152 valence electrons. The molecule has 0 aliphatic carbocycles. The number of aromatic carboxylic acids is 1. The first kappa shape index (κ1) is 20.4. The average molecular weight is 396 g/mol. The summed E-state index contributed by atoms with van der Waals surface area (Å²) in [6.07, 6.45) is 1.11. The lowest BCUT2D eigenvalue weighted by Crippen LogP contribution is -2.43. The first-order valence-corrected chi connectivity index (χ1v) is 9.54. The summed E-state index contributed by atoms with van der Waals surface area (Å²) in [5.41, 5.74) is 1.27. The Bertz CT molecular complexity index is 889. The van der Waals surface area contributed by atoms with Crippen LogP contribution in [0.5, 0.6) is 5.75 Å². The number of para-hydroxylation sites is 1. The van der Waals surface area contributed by atoms with E-state index in [-0.39, 0.29) is 29.9 Å². The number of likely N-dealkylation sites (tertiary alicyclic amines) is 1. The van der Waals surface area contributed by atoms with E-state index < -0.39 is 5.97 Å². The molecule has 1 heterocycles. The number of hydrogen-bond donors (Lipinski definition) is 2. The van der Waals surface area contributed by atoms with Crippen molar-refractivity contribution in [3.8, 4) is 5.75 Å². The summed E-state index contributed by atoms with van der Waals surface area (Å²) in [4.78, 5) is 37.8. The highest BCUT2D eigenvalue weighted by atomic mass is 16.5. The molecular formula is C22H24N2O5. The van der Waals surface area contributed by atoms with Crippen LogP contribution < -0.4 is 10.1 Å². The Morgan fingerprint density at radius 2 is 1.79 bits per heavy atom. The summed E-state index contributed by atoms with van der Waals surface area (Å²) in [6.45, 7) is 2.66. The third-order valence-electron chi connectivity index (χ3n) is 5.06. The first-order valence-electron chi connectivity index (χ1n) is 9.54. The molecule has 7 heteroatoms. The fourth-order valence-corrected chi connectivity index (χ4v) is 3.32. The standard InChI is InChI=1S/C22H24N2O5/c1-15-7-8-17(13-19(15)22(27)28)23-21(26)16-9-11-24(12-10-16)20(25)14-29-18-5-3-2-4-6-18/h2-8,13,16H,9-12,14H2,1H3,(H,23,26)(H,27,28). The highest BCUT2D eigenvalue weighted by Crippen LogP contribution is 2.21. The number of piperidine rings is 1. The second-order valence-corrected chi connectivity index (χ2v) is 7.08. The predicted molar refractivity (Wildman–Crippen MR) is 108 cm³/mol. The Kier molecular flexibility index (Phi) is 6.49. The summed E-state index contributed by atoms with van der Waals surface area (Å²) >= 11 is 0. The second kappa shape index (κ2) is 9.23. The second-order valence-electron chi connectivity index (χ2n) is 7.08. The number of aryl methyl sites for hydroxylation is 1. The Morgan fingerprint density at radius 1 is 1.10 bits per heavy atom. The topological polar surface area (TPSA) is 95.9 Å². The van der Waals surface area contributed by atoms with E-state index in [0.717, 1.165) is 0 Å². The molecule has 7 nitrogen and oxygen atoms in total. The zero-order valence-electron chi connectivity index (χ0n) is 16.3. The van der Waals surface area contributed by atoms with Gasteiger partial charge in [-0.25, -0.2) is 4.79 Å². The third kappa shape index (κ3) is 5.34. The van der Waals surface area contributed by atoms with Crippen LogP contribution in [0.15, 0.2) is 48.5 Å². The number of carboxylic acid groups (broad SMARTS) is 1. The minimum absolute atomic E-state index is 0.0256. The number of amides is 2. The number of nitrogens with one attached hydrogen (secondary N) is 1. The molecule has 1 saturated heterocycles. The van der Waals surface area contributed by atoms with Crippen LogP contribution in [0.3, 0.4) is 0 Å². The number of carboxylic acids is 1. The van der Waals surface area contributed by atoms with Gasteiger partial charge in [0.25, 0.3) is 5.91 Å². The smallest absolute Gasteiger partial charge is 0.336 e. The van der Waals surface area contributed by atoms with Crippen LogP contribution in [-0.2, 0) is 9.59 Å². The van der Waals surface area contributed by atoms with Gasteiger partial charge in [0.1, 0.15) is 5.75 Å². The Balaban J connectivity index is 1.48. The van der Waals surface area contributed by atoms with Crippen molar-refractivity contribution in [2.24, 2.45) is 5.92 Å². The predicted octanol–water partition coefficient (Wildman–Crippen LogP) is 2.95. The lowest BCUT2D eigenvalue weighted by Gasteiger charge is -2.31. The van der Waals surface area contributed by atoms with Gasteiger partial charge in [0, 0.05) is 24.7 Å². The summed E-state index contributed by atoms with van der Waals surface area (Å²) in [7, 11) is 0. The van der Waals surface area contributed by atoms with E-state index in [0.29, 0.717) is 42.9 Å². The molecule has 3 rings (SSSR count). The molecule has 29 heavy (non-hydrogen) atoms. The number of benzene rings is 2. The fraction of sp³-hybridized carbons (Fsp3) is 0.318. The van der Waals surface area contributed by atoms with Crippen molar-refractivity contribution in [2.75, 3.05) is 25.0 Å². The van der Waals surface area contributed by atoms with E-state index >= 15 is 0 Å². The molecule has 0 spiro atoms. The normalized spacial score (nSPS) is 14.3. The van der Waals surface area contributed by atoms with Crippen molar-refractivity contribution < 1.29 is 24.2 Å². The molecular weight excluding hydrogens is 372 g/mol. The first-order chi connectivity index (χ1) is 13.9. The quantitative estimate of drug-likeness (QED) is 0.783. The zero-order valence-corrected chi connectivity index (χ0v) is 16.3. The molecule has 0 saturated carbocycles. The maximum absolute atomic E-state index is 12.5. The van der Waals surface area contributed by atoms with Crippen LogP contribution >= 0.6 is 0 Å². The number of rotatable bonds is 6. The van der Waals surface area contributed by atoms with Crippen molar-refractivity contribution >= 4 is 23.5 Å². The lowest BCUT2D eigenvalue weighted by atomic mass is 9.95. The SMILES string of the molecule is Cc1ccc(NC(=O)C2CCN(C(=O)COc3ccccc3)CC2)cc1C(=O)O. The molecule has 2 aromatic rings. The monoisotopic (exact) mass is 396 g/mol. The summed E-state index contributed by atoms with van der Waals surface area (Å²) < 4.78 is 5.50. The molecule has 0 unspecified atom stereocenters. The molecule has 1 aliphatic rings. The fourth-order valence-electron chi connectivity index (χ4n) is 3.32. The van der Waals surface area contributed by atoms with Crippen molar-refractivity contribution in [3.63, 3.8) is 0 Å². The van der Waals surface area contributed by atoms with E-state index in [1.54, 1.807) is 36.1 Å². The Hall–Kier alpha value is -3.35. The summed E-state index contributed by atoms with van der Waals surface area (Å²) in [5, 5.41) is 12.0. The van der Waals surface area contributed by atoms with E-state index in [9.17, 15) is 19.5 Å². The van der Waals surface area contributed by atoms with E-state index in [1.807, 2.05) is 18.2 Å². The molecule has 0 aromatic heterocycles. The van der Waals surface area contributed by atoms with Crippen molar-refractivity contribution in [1.82, 2.24) is 4.90 Å². The van der Waals surface area contributed by atoms with Gasteiger partial charge in [-0.1, -0.05) is 24.3 Å². The van der Waals surface area contributed by atoms with Gasteiger partial charge in [0.15, 0.2) is 6.61 Å². The van der Waals surface area contributed by atoms with Gasteiger partial charge in [-0.05, 0) is 49.6 Å². The maximum atomic E-state index is 12.5. The number of nitrogens with zero attached hydrogens (tertiary/aromatic N) is 1. The molecule has 0 radical (unpaired) electrons. The minimum Gasteiger partial charge on any atom is -0.484 e. The molecule has 1 fully saturated rings. The maximum Gasteiger partial charge on any atom is 0.336 e. The van der Waals surface area contributed by atoms with Crippen LogP contribution in [0.1, 0.15) is 28.8 Å². The Morgan fingerprint density at radius 3 is 2.45 bits per heavy atom. The number of anilines is 1. The van der Waals surface area contributed by atoms with E-state index in [4.69, 9.17) is 4.74 Å². The van der Waals surface area contributed by atoms with Crippen LogP contribution in [0.2, 0.25) is 0 Å². The number of carbonyl (C=O) groups excluding carboxylic acids is 2. The lowest BCUT2D eigenvalue weighted by molar-refractivity contribution is -0.136. The summed E-state index contributed by atoms with van der Waals surface area (Å²) in [6, 6.07) is 14.0. The van der Waals surface area contributed by atoms with Crippen LogP contribution in [0, 0.1) is 12.8 Å². The van der Waals surface area contributed by atoms with Gasteiger partial charge < -0.3 is 20.1 Å². The van der Waals surface area contributed by atoms with Crippen molar-refractivity contribution in [2.45, 2.75) is 19.8 Å². The van der Waals surface area contributed by atoms with Crippen LogP contribution in [-0.4, -0.2) is 47.5 Å². The molecule has 2 N–H and O–H groups in total. The average Bonchev–Trinajstić information content (AvgIpc) is 2.74. The minimum atomic E-state index is -1.02. The van der Waals surface area contributed by atoms with Gasteiger partial charge in [-0.2, -0.15) is 0 Å². The Labute approximate surface area is 169 Å². The van der Waals surface area contributed by atoms with Crippen LogP contribution in [0.4, 0.5) is 5.69 Å². The van der Waals surface area contributed by atoms with Gasteiger partial charge in [0.05, 0.1) is 5.56 Å². The molecule has 2 amide bonds. The van der Waals surface area contributed by atoms with Gasteiger partial charge >= 0.3 is 5.97 Å². The molecule has 1 aliphatic heterocycles. The van der Waals surface area contributed by atoms with Gasteiger partial charge in [-0.15, -0.1) is 0 Å². The highest BCUT2D eigenvalue weighted by Gasteiger charge is 2.27. The van der Waals surface area contributed by atoms with E-state index in [2.05, 4.69) is 5.32 Å². The van der Waals surface area contributed by atoms with Gasteiger partial charge in [0.2, 0.25) is 5.91 Å². The van der Waals surface area contributed by atoms with Crippen molar-refractivity contribution in [3.05, 3.63) is 59.7 Å². The molecule has 0 bridgehead atoms. The number of hydrogen-bond acceptors (Lipinski definition) is 4. The zero-order chi connectivity index (χ0) is 20.8. The van der Waals surface area contributed by atoms with Gasteiger partial charge in [-0.3, -0.25) is 9.59 Å². The largest absolute Gasteiger partial charge is 0.484 e. The number of ether oxygens (including phenoxy) is 1. The number of carbonyl (C=O) groups is 3. The molecule has 2 aromatic carbocycles. The van der Waals surface area contributed by atoms with Crippen LogP contribution in [0.25, 0.3) is 0 Å². The highest BCUT2D eigenvalue weighted by molar-refractivity contribution is 5.95.